The third kappa shape index (κ3) is 4.01. The Balaban J connectivity index is 4.09. The minimum atomic E-state index is -3.02. The van der Waals surface area contributed by atoms with Gasteiger partial charge in [0.2, 0.25) is 5.91 Å². The molecule has 0 radical (unpaired) electrons. The number of halogens is 1. The summed E-state index contributed by atoms with van der Waals surface area (Å²) in [6, 6.07) is 0. The lowest BCUT2D eigenvalue weighted by Crippen LogP contribution is -2.20. The average molecular weight is 218 g/mol. The first-order chi connectivity index (χ1) is 5.08. The minimum absolute atomic E-state index is 0.214. The lowest BCUT2D eigenvalue weighted by Gasteiger charge is -2.12. The van der Waals surface area contributed by atoms with Gasteiger partial charge in [-0.15, -0.1) is 11.6 Å². The molecule has 7 heteroatoms. The van der Waals surface area contributed by atoms with Gasteiger partial charge in [-0.25, -0.2) is 0 Å². The van der Waals surface area contributed by atoms with Crippen molar-refractivity contribution < 1.29 is 13.9 Å². The number of hydrogen-bond donors (Lipinski definition) is 1. The molecule has 4 nitrogen and oxygen atoms in total. The number of hydrogen-bond acceptors (Lipinski definition) is 4. The smallest absolute Gasteiger partial charge is 0.309 e. The van der Waals surface area contributed by atoms with Gasteiger partial charge in [-0.2, -0.15) is 0 Å². The van der Waals surface area contributed by atoms with Gasteiger partial charge in [-0.05, 0) is 6.26 Å². The summed E-state index contributed by atoms with van der Waals surface area (Å²) in [4.78, 5) is 10.6. The third-order valence-corrected chi connectivity index (χ3v) is 4.75. The van der Waals surface area contributed by atoms with E-state index in [0.717, 1.165) is 11.4 Å². The van der Waals surface area contributed by atoms with E-state index in [1.807, 2.05) is 0 Å². The van der Waals surface area contributed by atoms with Crippen LogP contribution in [0.5, 0.6) is 0 Å². The van der Waals surface area contributed by atoms with Crippen molar-refractivity contribution in [2.24, 2.45) is 0 Å². The molecule has 0 spiro atoms. The molecule has 1 N–H and O–H groups in total. The summed E-state index contributed by atoms with van der Waals surface area (Å²) < 4.78 is 15.9. The van der Waals surface area contributed by atoms with Crippen LogP contribution >= 0.6 is 29.7 Å². The Bertz CT molecular complexity index is 180. The van der Waals surface area contributed by atoms with Gasteiger partial charge in [0.1, 0.15) is 5.88 Å². The maximum Gasteiger partial charge on any atom is 0.352 e. The van der Waals surface area contributed by atoms with E-state index in [0.29, 0.717) is 0 Å². The van der Waals surface area contributed by atoms with Crippen LogP contribution in [0.15, 0.2) is 0 Å². The summed E-state index contributed by atoms with van der Waals surface area (Å²) in [5, 5.41) is 2.17. The summed E-state index contributed by atoms with van der Waals surface area (Å²) in [7, 11) is 1.27. The van der Waals surface area contributed by atoms with E-state index in [1.54, 1.807) is 6.26 Å². The highest BCUT2D eigenvalue weighted by atomic mass is 35.5. The number of carbonyl (C=O) groups is 1. The molecule has 0 aliphatic heterocycles. The van der Waals surface area contributed by atoms with Gasteiger partial charge in [0.15, 0.2) is 0 Å². The molecule has 0 fully saturated rings. The van der Waals surface area contributed by atoms with Crippen molar-refractivity contribution in [3.05, 3.63) is 0 Å². The topological polar surface area (TPSA) is 55.4 Å². The van der Waals surface area contributed by atoms with E-state index in [9.17, 15) is 9.36 Å². The fraction of sp³-hybridized carbons (Fsp3) is 0.750. The predicted molar refractivity (Wildman–Crippen MR) is 47.0 cm³/mol. The highest BCUT2D eigenvalue weighted by molar-refractivity contribution is 8.55. The van der Waals surface area contributed by atoms with Crippen molar-refractivity contribution in [2.45, 2.75) is 0 Å². The Morgan fingerprint density at radius 3 is 2.64 bits per heavy atom. The summed E-state index contributed by atoms with van der Waals surface area (Å²) in [5.74, 6) is -0.709. The van der Waals surface area contributed by atoms with E-state index < -0.39 is 12.6 Å². The van der Waals surface area contributed by atoms with Crippen LogP contribution in [0.2, 0.25) is 0 Å². The first kappa shape index (κ1) is 11.3. The zero-order chi connectivity index (χ0) is 8.91. The van der Waals surface area contributed by atoms with E-state index in [4.69, 9.17) is 11.6 Å². The lowest BCUT2D eigenvalue weighted by atomic mass is 10.8. The molecular formula is C4H9ClNO3PS. The second-order valence-electron chi connectivity index (χ2n) is 1.53. The number of alkyl halides is 1. The maximum absolute atomic E-state index is 11.3. The van der Waals surface area contributed by atoms with Crippen LogP contribution in [-0.4, -0.2) is 25.2 Å². The summed E-state index contributed by atoms with van der Waals surface area (Å²) in [6.07, 6.45) is 1.58. The SMILES string of the molecule is COP(=O)(NC(=O)CCl)SC. The molecule has 0 rings (SSSR count). The third-order valence-electron chi connectivity index (χ3n) is 0.864. The van der Waals surface area contributed by atoms with Gasteiger partial charge in [0.05, 0.1) is 0 Å². The number of amides is 1. The number of nitrogens with one attached hydrogen (secondary N) is 1. The van der Waals surface area contributed by atoms with Gasteiger partial charge < -0.3 is 4.52 Å². The van der Waals surface area contributed by atoms with Gasteiger partial charge in [0.25, 0.3) is 0 Å². The van der Waals surface area contributed by atoms with Crippen LogP contribution in [0, 0.1) is 0 Å². The first-order valence-electron chi connectivity index (χ1n) is 2.66. The van der Waals surface area contributed by atoms with Gasteiger partial charge >= 0.3 is 6.72 Å². The fourth-order valence-corrected chi connectivity index (χ4v) is 2.25. The molecular weight excluding hydrogens is 209 g/mol. The molecule has 0 saturated carbocycles. The molecule has 0 heterocycles. The normalized spacial score (nSPS) is 15.5. The standard InChI is InChI=1S/C4H9ClNO3PS/c1-9-10(8,11-2)6-4(7)3-5/h3H2,1-2H3,(H,6,7,8). The van der Waals surface area contributed by atoms with Crippen LogP contribution in [0.3, 0.4) is 0 Å². The summed E-state index contributed by atoms with van der Waals surface area (Å²) in [6.45, 7) is -3.02. The Morgan fingerprint density at radius 1 is 1.82 bits per heavy atom. The zero-order valence-electron chi connectivity index (χ0n) is 6.17. The highest BCUT2D eigenvalue weighted by Gasteiger charge is 2.21. The Hall–Kier alpha value is 0.300. The predicted octanol–water partition coefficient (Wildman–Crippen LogP) is 1.46. The first-order valence-corrected chi connectivity index (χ1v) is 6.65. The van der Waals surface area contributed by atoms with Crippen LogP contribution in [0.25, 0.3) is 0 Å². The van der Waals surface area contributed by atoms with E-state index in [1.165, 1.54) is 7.11 Å². The van der Waals surface area contributed by atoms with Crippen LogP contribution < -0.4 is 5.09 Å². The van der Waals surface area contributed by atoms with Crippen molar-refractivity contribution in [3.8, 4) is 0 Å². The summed E-state index contributed by atoms with van der Waals surface area (Å²) >= 11 is 6.13. The van der Waals surface area contributed by atoms with E-state index >= 15 is 0 Å². The highest BCUT2D eigenvalue weighted by Crippen LogP contribution is 2.53. The van der Waals surface area contributed by atoms with Crippen molar-refractivity contribution in [1.29, 1.82) is 0 Å². The van der Waals surface area contributed by atoms with E-state index in [2.05, 4.69) is 9.61 Å². The monoisotopic (exact) mass is 217 g/mol. The molecule has 0 aliphatic rings. The van der Waals surface area contributed by atoms with Gasteiger partial charge in [-0.1, -0.05) is 11.4 Å². The molecule has 0 aromatic rings. The Kier molecular flexibility index (Phi) is 5.17. The van der Waals surface area contributed by atoms with Gasteiger partial charge in [-0.3, -0.25) is 14.4 Å². The second kappa shape index (κ2) is 5.04. The molecule has 11 heavy (non-hydrogen) atoms. The van der Waals surface area contributed by atoms with Crippen LogP contribution in [0.4, 0.5) is 0 Å². The Morgan fingerprint density at radius 2 is 2.36 bits per heavy atom. The quantitative estimate of drug-likeness (QED) is 0.572. The van der Waals surface area contributed by atoms with Crippen molar-refractivity contribution in [1.82, 2.24) is 5.09 Å². The average Bonchev–Trinajstić information content (AvgIpc) is 2.04. The van der Waals surface area contributed by atoms with Crippen LogP contribution in [0.1, 0.15) is 0 Å². The van der Waals surface area contributed by atoms with Crippen molar-refractivity contribution in [3.63, 3.8) is 0 Å². The molecule has 0 aliphatic carbocycles. The molecule has 1 unspecified atom stereocenters. The number of rotatable bonds is 4. The molecule has 0 bridgehead atoms. The molecule has 0 aromatic heterocycles. The van der Waals surface area contributed by atoms with E-state index in [-0.39, 0.29) is 5.88 Å². The lowest BCUT2D eigenvalue weighted by molar-refractivity contribution is -0.117. The summed E-state index contributed by atoms with van der Waals surface area (Å²) in [5.41, 5.74) is 0. The largest absolute Gasteiger partial charge is 0.352 e. The molecule has 0 aromatic carbocycles. The van der Waals surface area contributed by atoms with Gasteiger partial charge in [0, 0.05) is 7.11 Å². The maximum atomic E-state index is 11.3. The molecule has 66 valence electrons. The molecule has 1 atom stereocenters. The number of carbonyl (C=O) groups excluding carboxylic acids is 1. The minimum Gasteiger partial charge on any atom is -0.309 e. The molecule has 1 amide bonds. The fourth-order valence-electron chi connectivity index (χ4n) is 0.348. The Labute approximate surface area is 74.3 Å². The zero-order valence-corrected chi connectivity index (χ0v) is 8.63. The van der Waals surface area contributed by atoms with Crippen LogP contribution in [-0.2, 0) is 13.9 Å². The molecule has 0 saturated heterocycles. The van der Waals surface area contributed by atoms with Crippen molar-refractivity contribution in [2.75, 3.05) is 19.2 Å². The second-order valence-corrected chi connectivity index (χ2v) is 6.28. The van der Waals surface area contributed by atoms with Crippen molar-refractivity contribution >= 4 is 35.6 Å².